The van der Waals surface area contributed by atoms with Gasteiger partial charge in [0, 0.05) is 0 Å². The Hall–Kier alpha value is 0. The normalized spacial score (nSPS) is 61.3. The Labute approximate surface area is 56.6 Å². The summed E-state index contributed by atoms with van der Waals surface area (Å²) in [7, 11) is 0. The van der Waals surface area contributed by atoms with E-state index in [4.69, 9.17) is 0 Å². The Morgan fingerprint density at radius 3 is 2.44 bits per heavy atom. The van der Waals surface area contributed by atoms with Gasteiger partial charge < -0.3 is 0 Å². The summed E-state index contributed by atoms with van der Waals surface area (Å²) in [4.78, 5) is 0. The molecule has 0 radical (unpaired) electrons. The summed E-state index contributed by atoms with van der Waals surface area (Å²) in [6.07, 6.45) is 7.91. The monoisotopic (exact) mass is 122 g/mol. The molecule has 9 heavy (non-hydrogen) atoms. The highest BCUT2D eigenvalue weighted by atomic mass is 14.6. The van der Waals surface area contributed by atoms with Gasteiger partial charge >= 0.3 is 0 Å². The molecular formula is C9H14. The van der Waals surface area contributed by atoms with Crippen molar-refractivity contribution in [2.24, 2.45) is 23.7 Å². The van der Waals surface area contributed by atoms with Crippen LogP contribution in [0.3, 0.4) is 0 Å². The molecule has 0 saturated heterocycles. The van der Waals surface area contributed by atoms with Crippen molar-refractivity contribution < 1.29 is 0 Å². The van der Waals surface area contributed by atoms with E-state index in [9.17, 15) is 0 Å². The molecule has 50 valence electrons. The van der Waals surface area contributed by atoms with E-state index in [0.717, 1.165) is 0 Å². The Morgan fingerprint density at radius 2 is 1.67 bits per heavy atom. The fraction of sp³-hybridized carbons (Fsp3) is 1.00. The zero-order valence-electron chi connectivity index (χ0n) is 5.84. The molecule has 3 fully saturated rings. The largest absolute Gasteiger partial charge is 0.0527 e. The van der Waals surface area contributed by atoms with Gasteiger partial charge in [-0.1, -0.05) is 12.8 Å². The van der Waals surface area contributed by atoms with E-state index >= 15 is 0 Å². The summed E-state index contributed by atoms with van der Waals surface area (Å²) < 4.78 is 0. The molecule has 3 aliphatic rings. The minimum Gasteiger partial charge on any atom is -0.0527 e. The molecule has 3 aliphatic carbocycles. The van der Waals surface area contributed by atoms with Crippen LogP contribution in [0.1, 0.15) is 32.1 Å². The Balaban J connectivity index is 1.90. The maximum atomic E-state index is 1.60. The average Bonchev–Trinajstić information content (AvgIpc) is 2.35. The van der Waals surface area contributed by atoms with Crippen LogP contribution in [0.4, 0.5) is 0 Å². The van der Waals surface area contributed by atoms with Crippen LogP contribution in [0, 0.1) is 23.7 Å². The fourth-order valence-electron chi connectivity index (χ4n) is 3.54. The van der Waals surface area contributed by atoms with E-state index in [0.29, 0.717) is 0 Å². The van der Waals surface area contributed by atoms with Crippen LogP contribution in [-0.2, 0) is 0 Å². The molecule has 0 spiro atoms. The molecule has 0 aromatic heterocycles. The van der Waals surface area contributed by atoms with Gasteiger partial charge in [0.05, 0.1) is 0 Å². The molecule has 0 amide bonds. The van der Waals surface area contributed by atoms with Crippen molar-refractivity contribution in [2.75, 3.05) is 0 Å². The topological polar surface area (TPSA) is 0 Å². The summed E-state index contributed by atoms with van der Waals surface area (Å²) in [5.74, 6) is 4.92. The highest BCUT2D eigenvalue weighted by molar-refractivity contribution is 5.07. The van der Waals surface area contributed by atoms with Gasteiger partial charge in [-0.3, -0.25) is 0 Å². The summed E-state index contributed by atoms with van der Waals surface area (Å²) >= 11 is 0. The first-order valence-corrected chi connectivity index (χ1v) is 4.47. The van der Waals surface area contributed by atoms with E-state index in [1.165, 1.54) is 23.7 Å². The molecule has 4 atom stereocenters. The summed E-state index contributed by atoms with van der Waals surface area (Å²) in [6.45, 7) is 0. The molecular weight excluding hydrogens is 108 g/mol. The van der Waals surface area contributed by atoms with Gasteiger partial charge in [0.25, 0.3) is 0 Å². The maximum Gasteiger partial charge on any atom is -0.0323 e. The minimum atomic E-state index is 1.20. The predicted octanol–water partition coefficient (Wildman–Crippen LogP) is 2.44. The zero-order valence-corrected chi connectivity index (χ0v) is 5.84. The second-order valence-electron chi connectivity index (χ2n) is 4.17. The third kappa shape index (κ3) is 0.461. The highest BCUT2D eigenvalue weighted by Crippen LogP contribution is 2.65. The van der Waals surface area contributed by atoms with Crippen molar-refractivity contribution in [2.45, 2.75) is 32.1 Å². The first-order valence-electron chi connectivity index (χ1n) is 4.47. The van der Waals surface area contributed by atoms with Crippen LogP contribution in [0.5, 0.6) is 0 Å². The van der Waals surface area contributed by atoms with Gasteiger partial charge in [-0.2, -0.15) is 0 Å². The van der Waals surface area contributed by atoms with Crippen LogP contribution in [0.15, 0.2) is 0 Å². The first kappa shape index (κ1) is 4.76. The lowest BCUT2D eigenvalue weighted by molar-refractivity contribution is 0.325. The van der Waals surface area contributed by atoms with E-state index in [-0.39, 0.29) is 0 Å². The van der Waals surface area contributed by atoms with Crippen molar-refractivity contribution in [1.29, 1.82) is 0 Å². The second-order valence-corrected chi connectivity index (χ2v) is 4.17. The molecule has 0 heterocycles. The number of hydrogen-bond donors (Lipinski definition) is 0. The lowest BCUT2D eigenvalue weighted by Gasteiger charge is -2.18. The SMILES string of the molecule is C1CC2CCC3C(C1)C23. The van der Waals surface area contributed by atoms with Gasteiger partial charge in [0.1, 0.15) is 0 Å². The minimum absolute atomic E-state index is 1.20. The van der Waals surface area contributed by atoms with Crippen LogP contribution in [-0.4, -0.2) is 0 Å². The van der Waals surface area contributed by atoms with Crippen LogP contribution >= 0.6 is 0 Å². The molecule has 0 N–H and O–H groups in total. The molecule has 4 unspecified atom stereocenters. The van der Waals surface area contributed by atoms with E-state index in [1.807, 2.05) is 0 Å². The van der Waals surface area contributed by atoms with E-state index < -0.39 is 0 Å². The first-order chi connectivity index (χ1) is 4.47. The molecule has 0 bridgehead atoms. The van der Waals surface area contributed by atoms with E-state index in [1.54, 1.807) is 32.1 Å². The quantitative estimate of drug-likeness (QED) is 0.463. The maximum absolute atomic E-state index is 1.60. The second kappa shape index (κ2) is 1.36. The number of fused-ring (bicyclic) bond motifs is 1. The average molecular weight is 122 g/mol. The Kier molecular flexibility index (Phi) is 0.717. The molecule has 3 saturated carbocycles. The zero-order chi connectivity index (χ0) is 5.84. The van der Waals surface area contributed by atoms with Crippen molar-refractivity contribution >= 4 is 0 Å². The van der Waals surface area contributed by atoms with Crippen molar-refractivity contribution in [3.05, 3.63) is 0 Å². The van der Waals surface area contributed by atoms with E-state index in [2.05, 4.69) is 0 Å². The Morgan fingerprint density at radius 1 is 0.778 bits per heavy atom. The van der Waals surface area contributed by atoms with Gasteiger partial charge in [-0.15, -0.1) is 0 Å². The lowest BCUT2D eigenvalue weighted by atomic mass is 9.87. The number of rotatable bonds is 0. The molecule has 0 aromatic rings. The Bertz CT molecular complexity index is 131. The van der Waals surface area contributed by atoms with Crippen molar-refractivity contribution in [1.82, 2.24) is 0 Å². The van der Waals surface area contributed by atoms with Gasteiger partial charge in [-0.05, 0) is 42.9 Å². The number of hydrogen-bond acceptors (Lipinski definition) is 0. The van der Waals surface area contributed by atoms with Gasteiger partial charge in [0.2, 0.25) is 0 Å². The smallest absolute Gasteiger partial charge is 0.0323 e. The highest BCUT2D eigenvalue weighted by Gasteiger charge is 2.58. The predicted molar refractivity (Wildman–Crippen MR) is 37.0 cm³/mol. The molecule has 0 nitrogen and oxygen atoms in total. The lowest BCUT2D eigenvalue weighted by Crippen LogP contribution is -2.07. The molecule has 3 rings (SSSR count). The molecule has 0 aromatic carbocycles. The molecule has 0 heteroatoms. The summed E-state index contributed by atoms with van der Waals surface area (Å²) in [6, 6.07) is 0. The summed E-state index contributed by atoms with van der Waals surface area (Å²) in [5.41, 5.74) is 0. The van der Waals surface area contributed by atoms with Crippen LogP contribution < -0.4 is 0 Å². The van der Waals surface area contributed by atoms with Gasteiger partial charge in [0.15, 0.2) is 0 Å². The van der Waals surface area contributed by atoms with Crippen molar-refractivity contribution in [3.8, 4) is 0 Å². The van der Waals surface area contributed by atoms with Crippen LogP contribution in [0.25, 0.3) is 0 Å². The van der Waals surface area contributed by atoms with Crippen LogP contribution in [0.2, 0.25) is 0 Å². The van der Waals surface area contributed by atoms with Gasteiger partial charge in [-0.25, -0.2) is 0 Å². The molecule has 0 aliphatic heterocycles. The van der Waals surface area contributed by atoms with Crippen molar-refractivity contribution in [3.63, 3.8) is 0 Å². The fourth-order valence-corrected chi connectivity index (χ4v) is 3.54. The third-order valence-corrected chi connectivity index (χ3v) is 3.93. The third-order valence-electron chi connectivity index (χ3n) is 3.93. The standard InChI is InChI=1S/C9H14/c1-2-6-4-5-8-7(3-1)9(6)8/h6-9H,1-5H2. The summed E-state index contributed by atoms with van der Waals surface area (Å²) in [5, 5.41) is 0.